The largest absolute Gasteiger partial charge is 0.450 e. The summed E-state index contributed by atoms with van der Waals surface area (Å²) < 4.78 is 4.98. The SMILES string of the molecule is CCOC(=O)N1CCN(CCCCBr)CC1. The van der Waals surface area contributed by atoms with Crippen LogP contribution in [0.25, 0.3) is 0 Å². The molecule has 94 valence electrons. The number of nitrogens with zero attached hydrogens (tertiary/aromatic N) is 2. The van der Waals surface area contributed by atoms with E-state index in [2.05, 4.69) is 20.8 Å². The fraction of sp³-hybridized carbons (Fsp3) is 0.909. The number of carbonyl (C=O) groups excluding carboxylic acids is 1. The Hall–Kier alpha value is -0.290. The third kappa shape index (κ3) is 4.70. The summed E-state index contributed by atoms with van der Waals surface area (Å²) in [7, 11) is 0. The molecule has 0 aromatic carbocycles. The number of alkyl halides is 1. The summed E-state index contributed by atoms with van der Waals surface area (Å²) in [6.07, 6.45) is 2.28. The van der Waals surface area contributed by atoms with Crippen molar-refractivity contribution in [1.82, 2.24) is 9.80 Å². The summed E-state index contributed by atoms with van der Waals surface area (Å²) >= 11 is 3.43. The van der Waals surface area contributed by atoms with Gasteiger partial charge in [0.05, 0.1) is 6.61 Å². The maximum atomic E-state index is 11.4. The molecule has 1 saturated heterocycles. The van der Waals surface area contributed by atoms with Gasteiger partial charge >= 0.3 is 6.09 Å². The highest BCUT2D eigenvalue weighted by molar-refractivity contribution is 9.09. The molecule has 16 heavy (non-hydrogen) atoms. The average Bonchev–Trinajstić information content (AvgIpc) is 2.30. The van der Waals surface area contributed by atoms with Crippen LogP contribution in [0.1, 0.15) is 19.8 Å². The lowest BCUT2D eigenvalue weighted by molar-refractivity contribution is 0.0794. The second-order valence-electron chi connectivity index (χ2n) is 3.92. The van der Waals surface area contributed by atoms with E-state index in [1.165, 1.54) is 12.8 Å². The number of unbranched alkanes of at least 4 members (excludes halogenated alkanes) is 1. The van der Waals surface area contributed by atoms with E-state index in [0.717, 1.165) is 38.1 Å². The standard InChI is InChI=1S/C11H21BrN2O2/c1-2-16-11(15)14-9-7-13(8-10-14)6-4-3-5-12/h2-10H2,1H3. The number of amides is 1. The number of piperazine rings is 1. The molecule has 1 aliphatic heterocycles. The Bertz CT molecular complexity index is 206. The minimum atomic E-state index is -0.164. The predicted molar refractivity (Wildman–Crippen MR) is 68.1 cm³/mol. The van der Waals surface area contributed by atoms with Crippen molar-refractivity contribution in [3.63, 3.8) is 0 Å². The van der Waals surface area contributed by atoms with Gasteiger partial charge in [0.15, 0.2) is 0 Å². The van der Waals surface area contributed by atoms with Crippen molar-refractivity contribution >= 4 is 22.0 Å². The zero-order valence-corrected chi connectivity index (χ0v) is 11.5. The summed E-state index contributed by atoms with van der Waals surface area (Å²) in [6, 6.07) is 0. The molecule has 0 spiro atoms. The fourth-order valence-electron chi connectivity index (χ4n) is 1.80. The molecule has 0 unspecified atom stereocenters. The number of hydrogen-bond donors (Lipinski definition) is 0. The Morgan fingerprint density at radius 1 is 1.25 bits per heavy atom. The molecule has 1 fully saturated rings. The molecule has 0 saturated carbocycles. The third-order valence-electron chi connectivity index (χ3n) is 2.76. The molecule has 1 heterocycles. The van der Waals surface area contributed by atoms with Crippen LogP contribution in [-0.2, 0) is 4.74 Å². The predicted octanol–water partition coefficient (Wildman–Crippen LogP) is 1.94. The van der Waals surface area contributed by atoms with Gasteiger partial charge in [-0.1, -0.05) is 15.9 Å². The van der Waals surface area contributed by atoms with Crippen molar-refractivity contribution in [3.05, 3.63) is 0 Å². The van der Waals surface area contributed by atoms with Crippen LogP contribution < -0.4 is 0 Å². The summed E-state index contributed by atoms with van der Waals surface area (Å²) in [5.74, 6) is 0. The van der Waals surface area contributed by atoms with Gasteiger partial charge in [-0.25, -0.2) is 4.79 Å². The van der Waals surface area contributed by atoms with Gasteiger partial charge in [0.2, 0.25) is 0 Å². The smallest absolute Gasteiger partial charge is 0.409 e. The molecule has 0 N–H and O–H groups in total. The first-order valence-electron chi connectivity index (χ1n) is 5.98. The number of hydrogen-bond acceptors (Lipinski definition) is 3. The molecule has 1 amide bonds. The highest BCUT2D eigenvalue weighted by atomic mass is 79.9. The lowest BCUT2D eigenvalue weighted by Crippen LogP contribution is -2.49. The van der Waals surface area contributed by atoms with E-state index in [1.54, 1.807) is 4.90 Å². The van der Waals surface area contributed by atoms with Gasteiger partial charge in [-0.3, -0.25) is 4.90 Å². The van der Waals surface area contributed by atoms with E-state index in [1.807, 2.05) is 6.92 Å². The van der Waals surface area contributed by atoms with E-state index in [0.29, 0.717) is 6.61 Å². The molecule has 5 heteroatoms. The van der Waals surface area contributed by atoms with Gasteiger partial charge < -0.3 is 9.64 Å². The summed E-state index contributed by atoms with van der Waals surface area (Å²) in [4.78, 5) is 15.7. The average molecular weight is 293 g/mol. The third-order valence-corrected chi connectivity index (χ3v) is 3.32. The molecule has 0 bridgehead atoms. The normalized spacial score (nSPS) is 17.5. The van der Waals surface area contributed by atoms with Crippen LogP contribution in [0.15, 0.2) is 0 Å². The van der Waals surface area contributed by atoms with E-state index in [4.69, 9.17) is 4.74 Å². The van der Waals surface area contributed by atoms with E-state index < -0.39 is 0 Å². The quantitative estimate of drug-likeness (QED) is 0.573. The second-order valence-corrected chi connectivity index (χ2v) is 4.72. The molecule has 4 nitrogen and oxygen atoms in total. The maximum absolute atomic E-state index is 11.4. The van der Waals surface area contributed by atoms with E-state index in [9.17, 15) is 4.79 Å². The van der Waals surface area contributed by atoms with Crippen molar-refractivity contribution < 1.29 is 9.53 Å². The summed E-state index contributed by atoms with van der Waals surface area (Å²) in [5, 5.41) is 1.08. The molecular weight excluding hydrogens is 272 g/mol. The lowest BCUT2D eigenvalue weighted by Gasteiger charge is -2.33. The second kappa shape index (κ2) is 7.90. The van der Waals surface area contributed by atoms with Crippen molar-refractivity contribution in [3.8, 4) is 0 Å². The molecule has 0 atom stereocenters. The van der Waals surface area contributed by atoms with Crippen molar-refractivity contribution in [1.29, 1.82) is 0 Å². The van der Waals surface area contributed by atoms with Crippen LogP contribution >= 0.6 is 15.9 Å². The first-order valence-corrected chi connectivity index (χ1v) is 7.10. The Morgan fingerprint density at radius 3 is 2.50 bits per heavy atom. The highest BCUT2D eigenvalue weighted by Crippen LogP contribution is 2.05. The Kier molecular flexibility index (Phi) is 6.80. The highest BCUT2D eigenvalue weighted by Gasteiger charge is 2.21. The minimum absolute atomic E-state index is 0.164. The summed E-state index contributed by atoms with van der Waals surface area (Å²) in [5.41, 5.74) is 0. The van der Waals surface area contributed by atoms with Crippen molar-refractivity contribution in [2.75, 3.05) is 44.7 Å². The number of carbonyl (C=O) groups is 1. The zero-order chi connectivity index (χ0) is 11.8. The van der Waals surface area contributed by atoms with Gasteiger partial charge in [-0.2, -0.15) is 0 Å². The first-order chi connectivity index (χ1) is 7.77. The van der Waals surface area contributed by atoms with Gasteiger partial charge in [-0.05, 0) is 26.3 Å². The molecule has 0 aromatic heterocycles. The van der Waals surface area contributed by atoms with Crippen LogP contribution in [0.4, 0.5) is 4.79 Å². The molecule has 0 radical (unpaired) electrons. The molecular formula is C11H21BrN2O2. The van der Waals surface area contributed by atoms with Gasteiger partial charge in [0.25, 0.3) is 0 Å². The molecule has 0 aromatic rings. The Labute approximate surface area is 106 Å². The molecule has 1 aliphatic rings. The van der Waals surface area contributed by atoms with E-state index >= 15 is 0 Å². The van der Waals surface area contributed by atoms with Gasteiger partial charge in [-0.15, -0.1) is 0 Å². The molecule has 0 aliphatic carbocycles. The monoisotopic (exact) mass is 292 g/mol. The van der Waals surface area contributed by atoms with Crippen LogP contribution in [-0.4, -0.2) is 60.6 Å². The fourth-order valence-corrected chi connectivity index (χ4v) is 2.20. The molecule has 1 rings (SSSR count). The van der Waals surface area contributed by atoms with Crippen LogP contribution in [0.2, 0.25) is 0 Å². The van der Waals surface area contributed by atoms with Crippen molar-refractivity contribution in [2.24, 2.45) is 0 Å². The van der Waals surface area contributed by atoms with Gasteiger partial charge in [0.1, 0.15) is 0 Å². The van der Waals surface area contributed by atoms with Gasteiger partial charge in [0, 0.05) is 31.5 Å². The minimum Gasteiger partial charge on any atom is -0.450 e. The summed E-state index contributed by atoms with van der Waals surface area (Å²) in [6.45, 7) is 6.99. The van der Waals surface area contributed by atoms with Crippen LogP contribution in [0.3, 0.4) is 0 Å². The zero-order valence-electron chi connectivity index (χ0n) is 9.95. The maximum Gasteiger partial charge on any atom is 0.409 e. The Morgan fingerprint density at radius 2 is 1.94 bits per heavy atom. The lowest BCUT2D eigenvalue weighted by atomic mass is 10.2. The topological polar surface area (TPSA) is 32.8 Å². The number of ether oxygens (including phenoxy) is 1. The van der Waals surface area contributed by atoms with Crippen LogP contribution in [0, 0.1) is 0 Å². The van der Waals surface area contributed by atoms with Crippen molar-refractivity contribution in [2.45, 2.75) is 19.8 Å². The van der Waals surface area contributed by atoms with E-state index in [-0.39, 0.29) is 6.09 Å². The number of rotatable bonds is 5. The number of halogens is 1. The Balaban J connectivity index is 2.15. The first kappa shape index (κ1) is 13.8. The van der Waals surface area contributed by atoms with Crippen LogP contribution in [0.5, 0.6) is 0 Å².